The van der Waals surface area contributed by atoms with Crippen molar-refractivity contribution in [3.8, 4) is 0 Å². The number of halogens is 1. The number of ketones is 1. The summed E-state index contributed by atoms with van der Waals surface area (Å²) < 4.78 is 0. The Morgan fingerprint density at radius 1 is 1.39 bits per heavy atom. The van der Waals surface area contributed by atoms with Gasteiger partial charge < -0.3 is 4.90 Å². The molecule has 1 aromatic rings. The lowest BCUT2D eigenvalue weighted by atomic mass is 9.89. The van der Waals surface area contributed by atoms with Crippen molar-refractivity contribution >= 4 is 17.4 Å². The van der Waals surface area contributed by atoms with Crippen LogP contribution in [0.4, 0.5) is 0 Å². The molecule has 0 spiro atoms. The third-order valence-electron chi connectivity index (χ3n) is 3.68. The Labute approximate surface area is 114 Å². The van der Waals surface area contributed by atoms with E-state index in [1.807, 2.05) is 12.1 Å². The zero-order chi connectivity index (χ0) is 13.1. The third-order valence-corrected chi connectivity index (χ3v) is 4.00. The van der Waals surface area contributed by atoms with Gasteiger partial charge in [-0.2, -0.15) is 0 Å². The highest BCUT2D eigenvalue weighted by molar-refractivity contribution is 6.31. The monoisotopic (exact) mass is 265 g/mol. The predicted molar refractivity (Wildman–Crippen MR) is 75.3 cm³/mol. The highest BCUT2D eigenvalue weighted by Crippen LogP contribution is 2.33. The lowest BCUT2D eigenvalue weighted by molar-refractivity contribution is -0.116. The van der Waals surface area contributed by atoms with Crippen molar-refractivity contribution in [2.24, 2.45) is 0 Å². The van der Waals surface area contributed by atoms with Gasteiger partial charge in [0.15, 0.2) is 0 Å². The molecular formula is C15H20ClNO. The first-order valence-corrected chi connectivity index (χ1v) is 6.90. The molecule has 0 saturated carbocycles. The summed E-state index contributed by atoms with van der Waals surface area (Å²) in [5, 5.41) is 0.823. The molecule has 2 nitrogen and oxygen atoms in total. The molecule has 1 aliphatic heterocycles. The quantitative estimate of drug-likeness (QED) is 0.836. The maximum Gasteiger partial charge on any atom is 0.134 e. The van der Waals surface area contributed by atoms with Crippen LogP contribution in [0, 0.1) is 0 Å². The van der Waals surface area contributed by atoms with Crippen LogP contribution in [0.25, 0.3) is 0 Å². The van der Waals surface area contributed by atoms with Crippen molar-refractivity contribution in [3.05, 3.63) is 34.3 Å². The molecule has 3 heteroatoms. The largest absolute Gasteiger partial charge is 0.306 e. The van der Waals surface area contributed by atoms with E-state index in [1.54, 1.807) is 6.92 Å². The van der Waals surface area contributed by atoms with Crippen molar-refractivity contribution in [2.75, 3.05) is 20.1 Å². The van der Waals surface area contributed by atoms with Gasteiger partial charge in [-0.3, -0.25) is 4.79 Å². The molecule has 18 heavy (non-hydrogen) atoms. The molecule has 0 unspecified atom stereocenters. The van der Waals surface area contributed by atoms with Crippen molar-refractivity contribution in [2.45, 2.75) is 32.1 Å². The molecule has 1 saturated heterocycles. The number of likely N-dealkylation sites (tertiary alicyclic amines) is 1. The Kier molecular flexibility index (Phi) is 4.41. The maximum atomic E-state index is 11.1. The van der Waals surface area contributed by atoms with Gasteiger partial charge in [0.05, 0.1) is 0 Å². The number of rotatable bonds is 3. The molecule has 0 bridgehead atoms. The fourth-order valence-electron chi connectivity index (χ4n) is 2.62. The fraction of sp³-hybridized carbons (Fsp3) is 0.533. The molecule has 0 aliphatic carbocycles. The smallest absolute Gasteiger partial charge is 0.134 e. The SMILES string of the molecule is CC(=O)Cc1ccc(C2CCN(C)CC2)c(Cl)c1. The molecule has 0 atom stereocenters. The van der Waals surface area contributed by atoms with Crippen LogP contribution in [-0.2, 0) is 11.2 Å². The number of Topliss-reactive ketones (excluding diaryl/α,β-unsaturated/α-hetero) is 1. The highest BCUT2D eigenvalue weighted by Gasteiger charge is 2.20. The standard InChI is InChI=1S/C15H20ClNO/c1-11(18)9-12-3-4-14(15(16)10-12)13-5-7-17(2)8-6-13/h3-4,10,13H,5-9H2,1-2H3. The van der Waals surface area contributed by atoms with Crippen molar-refractivity contribution in [3.63, 3.8) is 0 Å². The molecule has 1 heterocycles. The third kappa shape index (κ3) is 3.33. The molecule has 0 N–H and O–H groups in total. The van der Waals surface area contributed by atoms with Gasteiger partial charge in [-0.15, -0.1) is 0 Å². The van der Waals surface area contributed by atoms with Gasteiger partial charge in [-0.05, 0) is 63.0 Å². The minimum absolute atomic E-state index is 0.179. The molecular weight excluding hydrogens is 246 g/mol. The van der Waals surface area contributed by atoms with Crippen LogP contribution in [0.1, 0.15) is 36.8 Å². The van der Waals surface area contributed by atoms with Gasteiger partial charge in [0.25, 0.3) is 0 Å². The van der Waals surface area contributed by atoms with Gasteiger partial charge >= 0.3 is 0 Å². The summed E-state index contributed by atoms with van der Waals surface area (Å²) in [4.78, 5) is 13.5. The zero-order valence-electron chi connectivity index (χ0n) is 11.1. The summed E-state index contributed by atoms with van der Waals surface area (Å²) in [6.07, 6.45) is 2.82. The van der Waals surface area contributed by atoms with Crippen LogP contribution in [0.15, 0.2) is 18.2 Å². The number of benzene rings is 1. The normalized spacial score (nSPS) is 17.9. The summed E-state index contributed by atoms with van der Waals surface area (Å²) in [5.74, 6) is 0.748. The van der Waals surface area contributed by atoms with Crippen molar-refractivity contribution < 1.29 is 4.79 Å². The molecule has 0 aromatic heterocycles. The molecule has 1 fully saturated rings. The van der Waals surface area contributed by atoms with Gasteiger partial charge in [0.2, 0.25) is 0 Å². The number of carbonyl (C=O) groups excluding carboxylic acids is 1. The van der Waals surface area contributed by atoms with Crippen molar-refractivity contribution in [1.29, 1.82) is 0 Å². The van der Waals surface area contributed by atoms with Gasteiger partial charge in [-0.25, -0.2) is 0 Å². The van der Waals surface area contributed by atoms with E-state index in [0.29, 0.717) is 12.3 Å². The van der Waals surface area contributed by atoms with Crippen LogP contribution in [0.5, 0.6) is 0 Å². The lowest BCUT2D eigenvalue weighted by Gasteiger charge is -2.29. The van der Waals surface area contributed by atoms with Crippen LogP contribution in [-0.4, -0.2) is 30.8 Å². The fourth-order valence-corrected chi connectivity index (χ4v) is 2.98. The van der Waals surface area contributed by atoms with Crippen LogP contribution < -0.4 is 0 Å². The number of carbonyl (C=O) groups is 1. The van der Waals surface area contributed by atoms with E-state index in [1.165, 1.54) is 18.4 Å². The Balaban J connectivity index is 2.12. The summed E-state index contributed by atoms with van der Waals surface area (Å²) in [5.41, 5.74) is 2.27. The Morgan fingerprint density at radius 2 is 2.06 bits per heavy atom. The van der Waals surface area contributed by atoms with E-state index < -0.39 is 0 Å². The van der Waals surface area contributed by atoms with Gasteiger partial charge in [-0.1, -0.05) is 23.7 Å². The van der Waals surface area contributed by atoms with E-state index in [9.17, 15) is 4.79 Å². The first kappa shape index (κ1) is 13.6. The zero-order valence-corrected chi connectivity index (χ0v) is 11.8. The van der Waals surface area contributed by atoms with E-state index >= 15 is 0 Å². The predicted octanol–water partition coefficient (Wildman–Crippen LogP) is 3.28. The first-order chi connectivity index (χ1) is 8.56. The van der Waals surface area contributed by atoms with Crippen molar-refractivity contribution in [1.82, 2.24) is 4.90 Å². The maximum absolute atomic E-state index is 11.1. The van der Waals surface area contributed by atoms with Gasteiger partial charge in [0, 0.05) is 11.4 Å². The van der Waals surface area contributed by atoms with E-state index in [4.69, 9.17) is 11.6 Å². The summed E-state index contributed by atoms with van der Waals surface area (Å²) in [6, 6.07) is 6.11. The van der Waals surface area contributed by atoms with Crippen LogP contribution >= 0.6 is 11.6 Å². The number of hydrogen-bond donors (Lipinski definition) is 0. The summed E-state index contributed by atoms with van der Waals surface area (Å²) in [6.45, 7) is 3.88. The number of hydrogen-bond acceptors (Lipinski definition) is 2. The number of nitrogens with zero attached hydrogens (tertiary/aromatic N) is 1. The van der Waals surface area contributed by atoms with E-state index in [0.717, 1.165) is 23.7 Å². The summed E-state index contributed by atoms with van der Waals surface area (Å²) in [7, 11) is 2.16. The van der Waals surface area contributed by atoms with E-state index in [-0.39, 0.29) is 5.78 Å². The minimum atomic E-state index is 0.179. The second-order valence-corrected chi connectivity index (χ2v) is 5.72. The van der Waals surface area contributed by atoms with Crippen LogP contribution in [0.3, 0.4) is 0 Å². The average molecular weight is 266 g/mol. The minimum Gasteiger partial charge on any atom is -0.306 e. The second kappa shape index (κ2) is 5.85. The Bertz CT molecular complexity index is 436. The molecule has 1 aliphatic rings. The molecule has 98 valence electrons. The Morgan fingerprint density at radius 3 is 2.61 bits per heavy atom. The Hall–Kier alpha value is -0.860. The summed E-state index contributed by atoms with van der Waals surface area (Å²) >= 11 is 6.36. The van der Waals surface area contributed by atoms with E-state index in [2.05, 4.69) is 18.0 Å². The molecule has 1 aromatic carbocycles. The molecule has 0 radical (unpaired) electrons. The van der Waals surface area contributed by atoms with Crippen LogP contribution in [0.2, 0.25) is 5.02 Å². The lowest BCUT2D eigenvalue weighted by Crippen LogP contribution is -2.29. The second-order valence-electron chi connectivity index (χ2n) is 5.31. The average Bonchev–Trinajstić information content (AvgIpc) is 2.30. The molecule has 0 amide bonds. The highest BCUT2D eigenvalue weighted by atomic mass is 35.5. The van der Waals surface area contributed by atoms with Gasteiger partial charge in [0.1, 0.15) is 5.78 Å². The first-order valence-electron chi connectivity index (χ1n) is 6.52. The number of piperidine rings is 1. The molecule has 2 rings (SSSR count). The topological polar surface area (TPSA) is 20.3 Å².